The molecular weight excluding hydrogens is 305 g/mol. The van der Waals surface area contributed by atoms with Gasteiger partial charge in [0.1, 0.15) is 0 Å². The standard InChI is InChI=1S/C12H13Cl2N3O3/c1-6(2)5-20-12(19)16-17-10-4-8(14)7(13)3-9(10)15-11(17)18/h3-4,6H,5H2,1-2H3,(H,15,18)(H,16,19). The molecule has 0 atom stereocenters. The van der Waals surface area contributed by atoms with Gasteiger partial charge in [-0.3, -0.25) is 0 Å². The highest BCUT2D eigenvalue weighted by molar-refractivity contribution is 6.42. The summed E-state index contributed by atoms with van der Waals surface area (Å²) in [5.74, 6) is 0.202. The Morgan fingerprint density at radius 1 is 1.40 bits per heavy atom. The number of fused-ring (bicyclic) bond motifs is 1. The van der Waals surface area contributed by atoms with E-state index in [1.807, 2.05) is 13.8 Å². The maximum Gasteiger partial charge on any atom is 0.426 e. The number of hydrogen-bond donors (Lipinski definition) is 2. The Morgan fingerprint density at radius 3 is 2.70 bits per heavy atom. The number of H-pyrrole nitrogens is 1. The summed E-state index contributed by atoms with van der Waals surface area (Å²) in [7, 11) is 0. The number of halogens is 2. The first kappa shape index (κ1) is 14.7. The number of rotatable bonds is 3. The van der Waals surface area contributed by atoms with Crippen molar-refractivity contribution in [3.63, 3.8) is 0 Å². The van der Waals surface area contributed by atoms with Crippen molar-refractivity contribution < 1.29 is 9.53 Å². The van der Waals surface area contributed by atoms with Crippen molar-refractivity contribution in [1.82, 2.24) is 9.66 Å². The van der Waals surface area contributed by atoms with E-state index >= 15 is 0 Å². The van der Waals surface area contributed by atoms with Crippen molar-refractivity contribution in [2.75, 3.05) is 12.0 Å². The number of nitrogens with one attached hydrogen (secondary N) is 2. The summed E-state index contributed by atoms with van der Waals surface area (Å²) in [5, 5.41) is 0.596. The summed E-state index contributed by atoms with van der Waals surface area (Å²) in [6.45, 7) is 4.08. The molecule has 1 heterocycles. The normalized spacial score (nSPS) is 11.1. The number of carbonyl (C=O) groups excluding carboxylic acids is 1. The van der Waals surface area contributed by atoms with E-state index in [0.29, 0.717) is 16.1 Å². The summed E-state index contributed by atoms with van der Waals surface area (Å²) in [6, 6.07) is 3.00. The van der Waals surface area contributed by atoms with Crippen LogP contribution in [0, 0.1) is 5.92 Å². The van der Waals surface area contributed by atoms with Crippen molar-refractivity contribution in [1.29, 1.82) is 0 Å². The maximum absolute atomic E-state index is 11.8. The lowest BCUT2D eigenvalue weighted by molar-refractivity contribution is 0.144. The van der Waals surface area contributed by atoms with Crippen LogP contribution in [0.1, 0.15) is 13.8 Å². The first-order chi connectivity index (χ1) is 9.38. The molecule has 0 aliphatic rings. The minimum absolute atomic E-state index is 0.202. The summed E-state index contributed by atoms with van der Waals surface area (Å²) >= 11 is 11.8. The van der Waals surface area contributed by atoms with E-state index < -0.39 is 11.8 Å². The number of benzene rings is 1. The van der Waals surface area contributed by atoms with Gasteiger partial charge in [-0.2, -0.15) is 4.68 Å². The predicted octanol–water partition coefficient (Wildman–Crippen LogP) is 2.97. The summed E-state index contributed by atoms with van der Waals surface area (Å²) in [5.41, 5.74) is 2.71. The van der Waals surface area contributed by atoms with E-state index in [-0.39, 0.29) is 17.5 Å². The van der Waals surface area contributed by atoms with Crippen LogP contribution in [0.25, 0.3) is 11.0 Å². The van der Waals surface area contributed by atoms with Crippen LogP contribution in [0.15, 0.2) is 16.9 Å². The van der Waals surface area contributed by atoms with Crippen LogP contribution >= 0.6 is 23.2 Å². The van der Waals surface area contributed by atoms with Crippen molar-refractivity contribution in [3.05, 3.63) is 32.7 Å². The van der Waals surface area contributed by atoms with E-state index in [9.17, 15) is 9.59 Å². The average molecular weight is 318 g/mol. The van der Waals surface area contributed by atoms with Crippen LogP contribution in [0.4, 0.5) is 4.79 Å². The number of hydrogen-bond acceptors (Lipinski definition) is 3. The van der Waals surface area contributed by atoms with Crippen LogP contribution in [0.5, 0.6) is 0 Å². The number of amides is 1. The first-order valence-electron chi connectivity index (χ1n) is 5.92. The Hall–Kier alpha value is -1.66. The monoisotopic (exact) mass is 317 g/mol. The van der Waals surface area contributed by atoms with Gasteiger partial charge in [0.25, 0.3) is 0 Å². The number of aromatic nitrogens is 2. The summed E-state index contributed by atoms with van der Waals surface area (Å²) in [6.07, 6.45) is -0.715. The second-order valence-corrected chi connectivity index (χ2v) is 5.47. The molecule has 1 aromatic carbocycles. The molecule has 0 spiro atoms. The molecule has 0 radical (unpaired) electrons. The third-order valence-corrected chi connectivity index (χ3v) is 3.20. The molecule has 0 fully saturated rings. The third-order valence-electron chi connectivity index (χ3n) is 2.48. The highest BCUT2D eigenvalue weighted by atomic mass is 35.5. The van der Waals surface area contributed by atoms with Crippen molar-refractivity contribution >= 4 is 40.3 Å². The van der Waals surface area contributed by atoms with Gasteiger partial charge in [0, 0.05) is 0 Å². The quantitative estimate of drug-likeness (QED) is 0.913. The van der Waals surface area contributed by atoms with E-state index in [0.717, 1.165) is 4.68 Å². The fraction of sp³-hybridized carbons (Fsp3) is 0.333. The highest BCUT2D eigenvalue weighted by Gasteiger charge is 2.13. The van der Waals surface area contributed by atoms with E-state index in [2.05, 4.69) is 10.4 Å². The lowest BCUT2D eigenvalue weighted by Crippen LogP contribution is -2.32. The molecule has 8 heteroatoms. The lowest BCUT2D eigenvalue weighted by Gasteiger charge is -2.09. The van der Waals surface area contributed by atoms with E-state index in [1.54, 1.807) is 0 Å². The van der Waals surface area contributed by atoms with Gasteiger partial charge in [-0.1, -0.05) is 37.0 Å². The Labute approximate surface area is 124 Å². The van der Waals surface area contributed by atoms with Gasteiger partial charge < -0.3 is 9.72 Å². The van der Waals surface area contributed by atoms with Gasteiger partial charge in [0.05, 0.1) is 27.7 Å². The Kier molecular flexibility index (Phi) is 4.25. The van der Waals surface area contributed by atoms with Gasteiger partial charge >= 0.3 is 11.8 Å². The van der Waals surface area contributed by atoms with Gasteiger partial charge in [-0.05, 0) is 18.1 Å². The molecule has 0 unspecified atom stereocenters. The molecule has 0 saturated carbocycles. The van der Waals surface area contributed by atoms with Crippen molar-refractivity contribution in [2.45, 2.75) is 13.8 Å². The molecule has 20 heavy (non-hydrogen) atoms. The Balaban J connectivity index is 2.30. The fourth-order valence-electron chi connectivity index (χ4n) is 1.58. The van der Waals surface area contributed by atoms with E-state index in [4.69, 9.17) is 27.9 Å². The number of carbonyl (C=O) groups is 1. The Morgan fingerprint density at radius 2 is 2.05 bits per heavy atom. The molecule has 1 aromatic heterocycles. The molecule has 6 nitrogen and oxygen atoms in total. The molecule has 0 aliphatic heterocycles. The van der Waals surface area contributed by atoms with Crippen LogP contribution in [0.3, 0.4) is 0 Å². The van der Waals surface area contributed by atoms with Gasteiger partial charge in [0.15, 0.2) is 0 Å². The second kappa shape index (κ2) is 5.76. The molecule has 1 amide bonds. The number of nitrogens with zero attached hydrogens (tertiary/aromatic N) is 1. The molecule has 108 valence electrons. The minimum Gasteiger partial charge on any atom is -0.448 e. The SMILES string of the molecule is CC(C)COC(=O)Nn1c(=O)[nH]c2cc(Cl)c(Cl)cc21. The molecule has 0 bridgehead atoms. The number of aromatic amines is 1. The van der Waals surface area contributed by atoms with Gasteiger partial charge in [-0.25, -0.2) is 15.0 Å². The van der Waals surface area contributed by atoms with Gasteiger partial charge in [0.2, 0.25) is 0 Å². The average Bonchev–Trinajstić information content (AvgIpc) is 2.64. The highest BCUT2D eigenvalue weighted by Crippen LogP contribution is 2.25. The predicted molar refractivity (Wildman–Crippen MR) is 78.1 cm³/mol. The molecule has 2 rings (SSSR count). The summed E-state index contributed by atoms with van der Waals surface area (Å²) < 4.78 is 5.98. The van der Waals surface area contributed by atoms with Crippen LogP contribution in [-0.4, -0.2) is 22.4 Å². The minimum atomic E-state index is -0.715. The zero-order valence-corrected chi connectivity index (χ0v) is 12.4. The molecule has 0 saturated heterocycles. The smallest absolute Gasteiger partial charge is 0.426 e. The molecule has 2 aromatic rings. The summed E-state index contributed by atoms with van der Waals surface area (Å²) in [4.78, 5) is 25.9. The number of imidazole rings is 1. The topological polar surface area (TPSA) is 76.1 Å². The Bertz CT molecular complexity index is 706. The molecule has 0 aliphatic carbocycles. The van der Waals surface area contributed by atoms with E-state index in [1.165, 1.54) is 12.1 Å². The van der Waals surface area contributed by atoms with Crippen molar-refractivity contribution in [3.8, 4) is 0 Å². The molecular formula is C12H13Cl2N3O3. The number of ether oxygens (including phenoxy) is 1. The fourth-order valence-corrected chi connectivity index (χ4v) is 1.90. The van der Waals surface area contributed by atoms with Crippen LogP contribution in [-0.2, 0) is 4.74 Å². The van der Waals surface area contributed by atoms with Crippen molar-refractivity contribution in [2.24, 2.45) is 5.92 Å². The largest absolute Gasteiger partial charge is 0.448 e. The first-order valence-corrected chi connectivity index (χ1v) is 6.67. The zero-order chi connectivity index (χ0) is 14.9. The second-order valence-electron chi connectivity index (χ2n) is 4.65. The van der Waals surface area contributed by atoms with Crippen LogP contribution in [0.2, 0.25) is 10.0 Å². The maximum atomic E-state index is 11.8. The zero-order valence-electron chi connectivity index (χ0n) is 10.9. The molecule has 2 N–H and O–H groups in total. The van der Waals surface area contributed by atoms with Crippen LogP contribution < -0.4 is 11.1 Å². The van der Waals surface area contributed by atoms with Gasteiger partial charge in [-0.15, -0.1) is 0 Å². The third kappa shape index (κ3) is 3.08. The lowest BCUT2D eigenvalue weighted by atomic mass is 10.2.